The van der Waals surface area contributed by atoms with Crippen LogP contribution in [0.3, 0.4) is 0 Å². The van der Waals surface area contributed by atoms with E-state index in [1.807, 2.05) is 36.1 Å². The summed E-state index contributed by atoms with van der Waals surface area (Å²) in [7, 11) is 0. The zero-order valence-corrected chi connectivity index (χ0v) is 21.9. The molecule has 1 fully saturated rings. The highest BCUT2D eigenvalue weighted by Gasteiger charge is 2.40. The molecule has 2 aliphatic rings. The van der Waals surface area contributed by atoms with Crippen molar-refractivity contribution in [3.63, 3.8) is 0 Å². The van der Waals surface area contributed by atoms with Crippen LogP contribution in [0, 0.1) is 5.92 Å². The normalized spacial score (nSPS) is 22.8. The van der Waals surface area contributed by atoms with Crippen molar-refractivity contribution in [1.29, 1.82) is 0 Å². The zero-order chi connectivity index (χ0) is 25.9. The number of carbonyl (C=O) groups excluding carboxylic acids is 1. The molecule has 0 aliphatic carbocycles. The maximum absolute atomic E-state index is 13.6. The van der Waals surface area contributed by atoms with Crippen LogP contribution < -0.4 is 0 Å². The molecule has 0 bridgehead atoms. The fourth-order valence-corrected chi connectivity index (χ4v) is 5.26. The average Bonchev–Trinajstić information content (AvgIpc) is 3.32. The summed E-state index contributed by atoms with van der Waals surface area (Å²) >= 11 is 0. The molecule has 1 aromatic heterocycles. The van der Waals surface area contributed by atoms with Crippen LogP contribution in [0.4, 0.5) is 0 Å². The summed E-state index contributed by atoms with van der Waals surface area (Å²) in [5.41, 5.74) is 1.84. The third-order valence-corrected chi connectivity index (χ3v) is 7.14. The number of hydrogen-bond acceptors (Lipinski definition) is 7. The predicted molar refractivity (Wildman–Crippen MR) is 140 cm³/mol. The first-order chi connectivity index (χ1) is 18.2. The highest BCUT2D eigenvalue weighted by molar-refractivity contribution is 5.92. The Bertz CT molecular complexity index is 995. The van der Waals surface area contributed by atoms with Gasteiger partial charge in [0.05, 0.1) is 32.7 Å². The molecule has 4 rings (SSSR count). The van der Waals surface area contributed by atoms with Gasteiger partial charge in [-0.2, -0.15) is 0 Å². The highest BCUT2D eigenvalue weighted by atomic mass is 16.7. The van der Waals surface area contributed by atoms with Gasteiger partial charge in [-0.05, 0) is 38.3 Å². The van der Waals surface area contributed by atoms with Crippen molar-refractivity contribution in [3.05, 3.63) is 47.9 Å². The van der Waals surface area contributed by atoms with Crippen molar-refractivity contribution < 1.29 is 33.3 Å². The Morgan fingerprint density at radius 2 is 1.76 bits per heavy atom. The molecule has 0 radical (unpaired) electrons. The molecule has 3 heterocycles. The maximum atomic E-state index is 13.6. The molecule has 1 amide bonds. The summed E-state index contributed by atoms with van der Waals surface area (Å²) in [6.07, 6.45) is 9.47. The van der Waals surface area contributed by atoms with E-state index in [2.05, 4.69) is 6.07 Å². The average molecular weight is 516 g/mol. The van der Waals surface area contributed by atoms with Crippen LogP contribution in [0.5, 0.6) is 0 Å². The van der Waals surface area contributed by atoms with Gasteiger partial charge in [0.2, 0.25) is 6.29 Å². The van der Waals surface area contributed by atoms with Gasteiger partial charge >= 0.3 is 0 Å². The van der Waals surface area contributed by atoms with Gasteiger partial charge in [-0.1, -0.05) is 37.5 Å². The van der Waals surface area contributed by atoms with Crippen LogP contribution in [0.2, 0.25) is 0 Å². The second-order valence-electron chi connectivity index (χ2n) is 9.65. The van der Waals surface area contributed by atoms with Gasteiger partial charge in [0.25, 0.3) is 5.91 Å². The predicted octanol–water partition coefficient (Wildman–Crippen LogP) is 4.62. The smallest absolute Gasteiger partial charge is 0.288 e. The summed E-state index contributed by atoms with van der Waals surface area (Å²) in [5.74, 6) is 0.115. The van der Waals surface area contributed by atoms with Crippen molar-refractivity contribution in [3.8, 4) is 0 Å². The summed E-state index contributed by atoms with van der Waals surface area (Å²) in [5, 5.41) is 9.88. The topological polar surface area (TPSA) is 90.6 Å². The number of benzene rings is 1. The second kappa shape index (κ2) is 14.5. The molecule has 204 valence electrons. The number of rotatable bonds is 12. The van der Waals surface area contributed by atoms with Gasteiger partial charge < -0.3 is 33.4 Å². The quantitative estimate of drug-likeness (QED) is 0.413. The number of furan rings is 1. The van der Waals surface area contributed by atoms with Gasteiger partial charge in [0, 0.05) is 49.1 Å². The van der Waals surface area contributed by atoms with Crippen LogP contribution >= 0.6 is 0 Å². The number of allylic oxidation sites excluding steroid dienone is 1. The van der Waals surface area contributed by atoms with E-state index in [0.717, 1.165) is 55.3 Å². The van der Waals surface area contributed by atoms with Crippen molar-refractivity contribution in [2.75, 3.05) is 52.7 Å². The number of hydrogen-bond donors (Lipinski definition) is 1. The van der Waals surface area contributed by atoms with Gasteiger partial charge in [0.1, 0.15) is 5.58 Å². The SMILES string of the molecule is CCOC1OC(C(=O)N2CCCCCCC2)=CC(c2coc3ccccc23)C1CCOCCOCCO. The summed E-state index contributed by atoms with van der Waals surface area (Å²) in [6.45, 7) is 5.61. The molecule has 37 heavy (non-hydrogen) atoms. The molecule has 2 aromatic rings. The monoisotopic (exact) mass is 515 g/mol. The number of ether oxygens (including phenoxy) is 4. The molecule has 3 unspecified atom stereocenters. The molecular weight excluding hydrogens is 474 g/mol. The number of fused-ring (bicyclic) bond motifs is 1. The van der Waals surface area contributed by atoms with E-state index >= 15 is 0 Å². The fraction of sp³-hybridized carbons (Fsp3) is 0.621. The molecule has 8 nitrogen and oxygen atoms in total. The summed E-state index contributed by atoms with van der Waals surface area (Å²) in [4.78, 5) is 15.6. The Hall–Kier alpha value is -2.39. The van der Waals surface area contributed by atoms with Gasteiger partial charge in [-0.15, -0.1) is 0 Å². The third kappa shape index (κ3) is 7.35. The number of para-hydroxylation sites is 1. The van der Waals surface area contributed by atoms with Crippen LogP contribution in [-0.4, -0.2) is 74.9 Å². The standard InChI is InChI=1S/C29H41NO7/c1-2-35-29-23(12-16-33-18-19-34-17-15-31)24(25-21-36-26-11-7-6-10-22(25)26)20-27(37-29)28(32)30-13-8-4-3-5-9-14-30/h6-7,10-11,20-21,23-24,29,31H,2-5,8-9,12-19H2,1H3. The van der Waals surface area contributed by atoms with Gasteiger partial charge in [-0.25, -0.2) is 0 Å². The Labute approximate surface area is 219 Å². The van der Waals surface area contributed by atoms with E-state index in [-0.39, 0.29) is 24.3 Å². The molecule has 3 atom stereocenters. The third-order valence-electron chi connectivity index (χ3n) is 7.14. The summed E-state index contributed by atoms with van der Waals surface area (Å²) in [6, 6.07) is 7.97. The first kappa shape index (κ1) is 27.6. The Morgan fingerprint density at radius 3 is 2.51 bits per heavy atom. The van der Waals surface area contributed by atoms with Crippen molar-refractivity contribution in [2.24, 2.45) is 5.92 Å². The number of aliphatic hydroxyl groups is 1. The van der Waals surface area contributed by atoms with E-state index in [9.17, 15) is 4.79 Å². The summed E-state index contributed by atoms with van der Waals surface area (Å²) < 4.78 is 29.4. The van der Waals surface area contributed by atoms with E-state index in [4.69, 9.17) is 28.5 Å². The van der Waals surface area contributed by atoms with Crippen LogP contribution in [0.25, 0.3) is 11.0 Å². The lowest BCUT2D eigenvalue weighted by Crippen LogP contribution is -2.41. The molecular formula is C29H41NO7. The Kier molecular flexibility index (Phi) is 10.8. The minimum Gasteiger partial charge on any atom is -0.464 e. The highest BCUT2D eigenvalue weighted by Crippen LogP contribution is 2.42. The fourth-order valence-electron chi connectivity index (χ4n) is 5.26. The van der Waals surface area contributed by atoms with Crippen LogP contribution in [0.15, 0.2) is 46.8 Å². The molecule has 1 N–H and O–H groups in total. The zero-order valence-electron chi connectivity index (χ0n) is 21.9. The number of amides is 1. The maximum Gasteiger partial charge on any atom is 0.288 e. The van der Waals surface area contributed by atoms with E-state index in [0.29, 0.717) is 45.2 Å². The van der Waals surface area contributed by atoms with Gasteiger partial charge in [-0.3, -0.25) is 4.79 Å². The minimum absolute atomic E-state index is 0.000598. The molecule has 1 aromatic carbocycles. The lowest BCUT2D eigenvalue weighted by Gasteiger charge is -2.38. The number of aliphatic hydroxyl groups excluding tert-OH is 1. The molecule has 2 aliphatic heterocycles. The van der Waals surface area contributed by atoms with E-state index in [1.54, 1.807) is 6.26 Å². The molecule has 0 saturated carbocycles. The van der Waals surface area contributed by atoms with Crippen LogP contribution in [0.1, 0.15) is 56.9 Å². The largest absolute Gasteiger partial charge is 0.464 e. The number of carbonyl (C=O) groups is 1. The van der Waals surface area contributed by atoms with Crippen molar-refractivity contribution in [1.82, 2.24) is 4.90 Å². The lowest BCUT2D eigenvalue weighted by atomic mass is 9.81. The molecule has 0 spiro atoms. The Balaban J connectivity index is 1.58. The van der Waals surface area contributed by atoms with Crippen molar-refractivity contribution in [2.45, 2.75) is 57.7 Å². The molecule has 8 heteroatoms. The van der Waals surface area contributed by atoms with E-state index in [1.165, 1.54) is 6.42 Å². The number of likely N-dealkylation sites (tertiary alicyclic amines) is 1. The Morgan fingerprint density at radius 1 is 1.03 bits per heavy atom. The minimum atomic E-state index is -0.573. The first-order valence-electron chi connectivity index (χ1n) is 13.7. The van der Waals surface area contributed by atoms with Crippen molar-refractivity contribution >= 4 is 16.9 Å². The molecule has 1 saturated heterocycles. The number of nitrogens with zero attached hydrogens (tertiary/aromatic N) is 1. The van der Waals surface area contributed by atoms with Crippen LogP contribution in [-0.2, 0) is 23.7 Å². The van der Waals surface area contributed by atoms with Gasteiger partial charge in [0.15, 0.2) is 5.76 Å². The van der Waals surface area contributed by atoms with E-state index < -0.39 is 6.29 Å². The lowest BCUT2D eigenvalue weighted by molar-refractivity contribution is -0.172. The first-order valence-corrected chi connectivity index (χ1v) is 13.7. The second-order valence-corrected chi connectivity index (χ2v) is 9.65.